The number of aliphatic carboxylic acids is 1. The van der Waals surface area contributed by atoms with E-state index in [4.69, 9.17) is 5.11 Å². The molecule has 6 heteroatoms. The lowest BCUT2D eigenvalue weighted by Crippen LogP contribution is -2.51. The summed E-state index contributed by atoms with van der Waals surface area (Å²) in [5, 5.41) is 11.9. The number of nitrogens with zero attached hydrogens (tertiary/aromatic N) is 2. The first-order valence-electron chi connectivity index (χ1n) is 6.51. The Hall–Kier alpha value is -1.30. The summed E-state index contributed by atoms with van der Waals surface area (Å²) in [6.45, 7) is 3.67. The van der Waals surface area contributed by atoms with Crippen molar-refractivity contribution in [2.24, 2.45) is 0 Å². The minimum absolute atomic E-state index is 0.170. The van der Waals surface area contributed by atoms with Gasteiger partial charge in [-0.3, -0.25) is 4.90 Å². The van der Waals surface area contributed by atoms with Crippen LogP contribution in [0.3, 0.4) is 0 Å². The van der Waals surface area contributed by atoms with Crippen LogP contribution in [0, 0.1) is 0 Å². The molecule has 0 bridgehead atoms. The summed E-state index contributed by atoms with van der Waals surface area (Å²) in [5.41, 5.74) is 0. The fourth-order valence-corrected chi connectivity index (χ4v) is 2.85. The molecule has 0 aromatic heterocycles. The van der Waals surface area contributed by atoms with Gasteiger partial charge in [0.25, 0.3) is 0 Å². The number of hydrogen-bond acceptors (Lipinski definition) is 3. The molecule has 0 aromatic rings. The topological polar surface area (TPSA) is 72.9 Å². The molecule has 3 atom stereocenters. The molecular weight excluding hydrogens is 234 g/mol. The van der Waals surface area contributed by atoms with Crippen LogP contribution < -0.4 is 5.32 Å². The standard InChI is InChI=1S/C12H21N3O3/c1-8(11(16)17)14(2)12(18)13-9-5-7-15-6-3-4-10(9)15/h8-10H,3-7H2,1-2H3,(H,13,18)(H,16,17). The normalized spacial score (nSPS) is 28.8. The summed E-state index contributed by atoms with van der Waals surface area (Å²) in [7, 11) is 1.52. The number of carbonyl (C=O) groups excluding carboxylic acids is 1. The largest absolute Gasteiger partial charge is 0.480 e. The SMILES string of the molecule is CC(C(=O)O)N(C)C(=O)NC1CCN2CCCC12. The molecule has 2 rings (SSSR count). The lowest BCUT2D eigenvalue weighted by Gasteiger charge is -2.26. The summed E-state index contributed by atoms with van der Waals surface area (Å²) in [4.78, 5) is 26.5. The first-order valence-corrected chi connectivity index (χ1v) is 6.51. The Kier molecular flexibility index (Phi) is 3.75. The van der Waals surface area contributed by atoms with E-state index in [0.29, 0.717) is 6.04 Å². The Balaban J connectivity index is 1.89. The van der Waals surface area contributed by atoms with Crippen molar-refractivity contribution in [2.45, 2.75) is 44.3 Å². The Labute approximate surface area is 107 Å². The first kappa shape index (κ1) is 13.1. The monoisotopic (exact) mass is 255 g/mol. The molecule has 2 aliphatic rings. The van der Waals surface area contributed by atoms with Crippen molar-refractivity contribution in [1.82, 2.24) is 15.1 Å². The molecule has 0 aliphatic carbocycles. The van der Waals surface area contributed by atoms with Crippen LogP contribution in [0.1, 0.15) is 26.2 Å². The van der Waals surface area contributed by atoms with Crippen LogP contribution in [0.15, 0.2) is 0 Å². The Bertz CT molecular complexity index is 347. The summed E-state index contributed by atoms with van der Waals surface area (Å²) >= 11 is 0. The molecule has 2 heterocycles. The zero-order valence-electron chi connectivity index (χ0n) is 10.9. The van der Waals surface area contributed by atoms with Gasteiger partial charge in [-0.25, -0.2) is 9.59 Å². The second-order valence-corrected chi connectivity index (χ2v) is 5.22. The van der Waals surface area contributed by atoms with Crippen LogP contribution in [0.2, 0.25) is 0 Å². The van der Waals surface area contributed by atoms with Gasteiger partial charge in [-0.1, -0.05) is 0 Å². The predicted molar refractivity (Wildman–Crippen MR) is 66.4 cm³/mol. The molecule has 3 unspecified atom stereocenters. The maximum Gasteiger partial charge on any atom is 0.326 e. The van der Waals surface area contributed by atoms with E-state index in [2.05, 4.69) is 10.2 Å². The van der Waals surface area contributed by atoms with Crippen molar-refractivity contribution in [2.75, 3.05) is 20.1 Å². The van der Waals surface area contributed by atoms with Gasteiger partial charge in [0.15, 0.2) is 0 Å². The number of fused-ring (bicyclic) bond motifs is 1. The van der Waals surface area contributed by atoms with Gasteiger partial charge in [0.1, 0.15) is 6.04 Å². The second-order valence-electron chi connectivity index (χ2n) is 5.22. The third-order valence-corrected chi connectivity index (χ3v) is 4.17. The maximum atomic E-state index is 12.0. The maximum absolute atomic E-state index is 12.0. The molecule has 0 spiro atoms. The Morgan fingerprint density at radius 3 is 2.78 bits per heavy atom. The van der Waals surface area contributed by atoms with Crippen LogP contribution >= 0.6 is 0 Å². The predicted octanol–water partition coefficient (Wildman–Crippen LogP) is 0.338. The lowest BCUT2D eigenvalue weighted by molar-refractivity contribution is -0.141. The van der Waals surface area contributed by atoms with Crippen molar-refractivity contribution in [3.63, 3.8) is 0 Å². The van der Waals surface area contributed by atoms with Gasteiger partial charge >= 0.3 is 12.0 Å². The van der Waals surface area contributed by atoms with E-state index in [1.165, 1.54) is 25.3 Å². The fraction of sp³-hybridized carbons (Fsp3) is 0.833. The minimum Gasteiger partial charge on any atom is -0.480 e. The number of rotatable bonds is 3. The van der Waals surface area contributed by atoms with Gasteiger partial charge in [0.05, 0.1) is 0 Å². The molecule has 0 radical (unpaired) electrons. The minimum atomic E-state index is -0.985. The Morgan fingerprint density at radius 1 is 1.39 bits per heavy atom. The lowest BCUT2D eigenvalue weighted by atomic mass is 10.1. The highest BCUT2D eigenvalue weighted by molar-refractivity contribution is 5.82. The van der Waals surface area contributed by atoms with Crippen LogP contribution in [-0.2, 0) is 4.79 Å². The van der Waals surface area contributed by atoms with Crippen LogP contribution in [-0.4, -0.2) is 65.2 Å². The van der Waals surface area contributed by atoms with Crippen molar-refractivity contribution < 1.29 is 14.7 Å². The molecule has 6 nitrogen and oxygen atoms in total. The number of nitrogens with one attached hydrogen (secondary N) is 1. The number of carbonyl (C=O) groups is 2. The Morgan fingerprint density at radius 2 is 2.11 bits per heavy atom. The molecular formula is C12H21N3O3. The van der Waals surface area contributed by atoms with Gasteiger partial charge in [-0.05, 0) is 32.7 Å². The molecule has 0 saturated carbocycles. The van der Waals surface area contributed by atoms with Gasteiger partial charge in [0, 0.05) is 25.7 Å². The third-order valence-electron chi connectivity index (χ3n) is 4.17. The van der Waals surface area contributed by atoms with Crippen molar-refractivity contribution in [3.05, 3.63) is 0 Å². The molecule has 102 valence electrons. The van der Waals surface area contributed by atoms with E-state index in [0.717, 1.165) is 25.9 Å². The van der Waals surface area contributed by atoms with E-state index >= 15 is 0 Å². The smallest absolute Gasteiger partial charge is 0.326 e. The van der Waals surface area contributed by atoms with E-state index in [-0.39, 0.29) is 12.1 Å². The highest BCUT2D eigenvalue weighted by atomic mass is 16.4. The van der Waals surface area contributed by atoms with Gasteiger partial charge in [0.2, 0.25) is 0 Å². The highest BCUT2D eigenvalue weighted by Gasteiger charge is 2.38. The summed E-state index contributed by atoms with van der Waals surface area (Å²) < 4.78 is 0. The van der Waals surface area contributed by atoms with E-state index in [1.54, 1.807) is 0 Å². The van der Waals surface area contributed by atoms with Crippen molar-refractivity contribution in [1.29, 1.82) is 0 Å². The molecule has 2 N–H and O–H groups in total. The average molecular weight is 255 g/mol. The van der Waals surface area contributed by atoms with E-state index in [9.17, 15) is 9.59 Å². The molecule has 2 fully saturated rings. The molecule has 18 heavy (non-hydrogen) atoms. The number of likely N-dealkylation sites (N-methyl/N-ethyl adjacent to an activating group) is 1. The first-order chi connectivity index (χ1) is 8.50. The number of urea groups is 1. The second kappa shape index (κ2) is 5.14. The zero-order valence-corrected chi connectivity index (χ0v) is 10.9. The fourth-order valence-electron chi connectivity index (χ4n) is 2.85. The number of carboxylic acid groups (broad SMARTS) is 1. The van der Waals surface area contributed by atoms with Crippen molar-refractivity contribution >= 4 is 12.0 Å². The van der Waals surface area contributed by atoms with Crippen LogP contribution in [0.5, 0.6) is 0 Å². The van der Waals surface area contributed by atoms with Crippen molar-refractivity contribution in [3.8, 4) is 0 Å². The molecule has 2 saturated heterocycles. The summed E-state index contributed by atoms with van der Waals surface area (Å²) in [6.07, 6.45) is 3.28. The highest BCUT2D eigenvalue weighted by Crippen LogP contribution is 2.27. The van der Waals surface area contributed by atoms with Gasteiger partial charge in [-0.15, -0.1) is 0 Å². The molecule has 0 aromatic carbocycles. The number of carboxylic acids is 1. The summed E-state index contributed by atoms with van der Waals surface area (Å²) in [5.74, 6) is -0.985. The van der Waals surface area contributed by atoms with Gasteiger partial charge in [-0.2, -0.15) is 0 Å². The summed E-state index contributed by atoms with van der Waals surface area (Å²) in [6, 6.07) is -0.472. The van der Waals surface area contributed by atoms with Crippen LogP contribution in [0.4, 0.5) is 4.79 Å². The van der Waals surface area contributed by atoms with Gasteiger partial charge < -0.3 is 15.3 Å². The number of amides is 2. The quantitative estimate of drug-likeness (QED) is 0.762. The molecule has 2 amide bonds. The van der Waals surface area contributed by atoms with Crippen LogP contribution in [0.25, 0.3) is 0 Å². The third kappa shape index (κ3) is 2.43. The van der Waals surface area contributed by atoms with E-state index < -0.39 is 12.0 Å². The number of hydrogen-bond donors (Lipinski definition) is 2. The average Bonchev–Trinajstić information content (AvgIpc) is 2.91. The molecule has 2 aliphatic heterocycles. The zero-order chi connectivity index (χ0) is 13.3. The van der Waals surface area contributed by atoms with E-state index in [1.807, 2.05) is 0 Å².